The normalized spacial score (nSPS) is 11.6. The summed E-state index contributed by atoms with van der Waals surface area (Å²) >= 11 is 0. The van der Waals surface area contributed by atoms with Crippen molar-refractivity contribution in [3.63, 3.8) is 0 Å². The quantitative estimate of drug-likeness (QED) is 0.911. The molecule has 0 fully saturated rings. The first-order valence-electron chi connectivity index (χ1n) is 7.02. The van der Waals surface area contributed by atoms with Gasteiger partial charge in [0, 0.05) is 23.1 Å². The van der Waals surface area contributed by atoms with Gasteiger partial charge in [0.2, 0.25) is 0 Å². The zero-order valence-corrected chi connectivity index (χ0v) is 12.8. The largest absolute Gasteiger partial charge is 0.481 e. The highest BCUT2D eigenvalue weighted by molar-refractivity contribution is 5.67. The van der Waals surface area contributed by atoms with Crippen molar-refractivity contribution in [1.29, 1.82) is 0 Å². The Labute approximate surface area is 127 Å². The lowest BCUT2D eigenvalue weighted by atomic mass is 9.88. The molecule has 0 aliphatic carbocycles. The molecule has 1 aromatic heterocycles. The summed E-state index contributed by atoms with van der Waals surface area (Å²) in [4.78, 5) is 23.4. The van der Waals surface area contributed by atoms with E-state index < -0.39 is 11.8 Å². The monoisotopic (exact) mass is 306 g/mol. The van der Waals surface area contributed by atoms with Crippen LogP contribution in [0.25, 0.3) is 5.69 Å². The molecule has 118 valence electrons. The van der Waals surface area contributed by atoms with E-state index in [4.69, 9.17) is 5.11 Å². The molecule has 0 saturated heterocycles. The van der Waals surface area contributed by atoms with Crippen LogP contribution in [0, 0.1) is 5.82 Å². The van der Waals surface area contributed by atoms with Crippen LogP contribution in [0.2, 0.25) is 0 Å². The van der Waals surface area contributed by atoms with Gasteiger partial charge in [-0.3, -0.25) is 14.7 Å². The minimum atomic E-state index is -0.960. The fourth-order valence-electron chi connectivity index (χ4n) is 2.35. The van der Waals surface area contributed by atoms with Crippen LogP contribution in [-0.4, -0.2) is 20.9 Å². The maximum absolute atomic E-state index is 13.4. The maximum Gasteiger partial charge on any atom is 0.303 e. The topological polar surface area (TPSA) is 75.1 Å². The van der Waals surface area contributed by atoms with Gasteiger partial charge < -0.3 is 5.11 Å². The van der Waals surface area contributed by atoms with Crippen LogP contribution in [-0.2, 0) is 16.6 Å². The van der Waals surface area contributed by atoms with Gasteiger partial charge >= 0.3 is 5.97 Å². The van der Waals surface area contributed by atoms with Gasteiger partial charge in [-0.25, -0.2) is 9.07 Å². The highest BCUT2D eigenvalue weighted by Gasteiger charge is 2.25. The van der Waals surface area contributed by atoms with Crippen LogP contribution < -0.4 is 5.56 Å². The van der Waals surface area contributed by atoms with Crippen molar-refractivity contribution in [3.8, 4) is 5.69 Å². The van der Waals surface area contributed by atoms with E-state index in [2.05, 4.69) is 5.10 Å². The van der Waals surface area contributed by atoms with Crippen molar-refractivity contribution >= 4 is 5.97 Å². The molecular formula is C16H19FN2O3. The first-order chi connectivity index (χ1) is 10.2. The number of aliphatic carboxylic acids is 1. The molecule has 1 heterocycles. The number of carboxylic acids is 1. The Hall–Kier alpha value is -2.37. The van der Waals surface area contributed by atoms with E-state index in [1.807, 2.05) is 20.8 Å². The second-order valence-electron chi connectivity index (χ2n) is 6.23. The van der Waals surface area contributed by atoms with Gasteiger partial charge in [-0.05, 0) is 24.6 Å². The van der Waals surface area contributed by atoms with Crippen LogP contribution in [0.4, 0.5) is 4.39 Å². The minimum Gasteiger partial charge on any atom is -0.481 e. The van der Waals surface area contributed by atoms with Crippen molar-refractivity contribution in [3.05, 3.63) is 51.7 Å². The number of nitrogens with zero attached hydrogens (tertiary/aromatic N) is 1. The third-order valence-electron chi connectivity index (χ3n) is 3.39. The summed E-state index contributed by atoms with van der Waals surface area (Å²) in [5.74, 6) is -1.40. The molecule has 0 unspecified atom stereocenters. The number of aromatic nitrogens is 2. The number of carboxylic acid groups (broad SMARTS) is 1. The van der Waals surface area contributed by atoms with Crippen molar-refractivity contribution < 1.29 is 14.3 Å². The van der Waals surface area contributed by atoms with E-state index in [9.17, 15) is 14.0 Å². The lowest BCUT2D eigenvalue weighted by Crippen LogP contribution is -2.19. The van der Waals surface area contributed by atoms with E-state index in [1.54, 1.807) is 6.07 Å². The number of nitrogens with one attached hydrogen (secondary N) is 1. The molecule has 0 saturated carbocycles. The highest BCUT2D eigenvalue weighted by atomic mass is 19.1. The average molecular weight is 306 g/mol. The predicted molar refractivity (Wildman–Crippen MR) is 81.0 cm³/mol. The third kappa shape index (κ3) is 3.27. The fraction of sp³-hybridized carbons (Fsp3) is 0.375. The first-order valence-corrected chi connectivity index (χ1v) is 7.02. The number of hydrogen-bond acceptors (Lipinski definition) is 2. The van der Waals surface area contributed by atoms with Gasteiger partial charge in [0.05, 0.1) is 5.69 Å². The summed E-state index contributed by atoms with van der Waals surface area (Å²) in [7, 11) is 0. The van der Waals surface area contributed by atoms with E-state index in [0.717, 1.165) is 0 Å². The summed E-state index contributed by atoms with van der Waals surface area (Å²) in [6, 6.07) is 5.69. The van der Waals surface area contributed by atoms with Crippen LogP contribution >= 0.6 is 0 Å². The second-order valence-corrected chi connectivity index (χ2v) is 6.23. The van der Waals surface area contributed by atoms with E-state index in [1.165, 1.54) is 22.9 Å². The molecule has 0 spiro atoms. The number of hydrogen-bond donors (Lipinski definition) is 2. The van der Waals surface area contributed by atoms with Gasteiger partial charge in [0.15, 0.2) is 0 Å². The average Bonchev–Trinajstić information content (AvgIpc) is 2.73. The zero-order chi connectivity index (χ0) is 16.5. The van der Waals surface area contributed by atoms with E-state index in [0.29, 0.717) is 16.9 Å². The molecule has 6 heteroatoms. The lowest BCUT2D eigenvalue weighted by molar-refractivity contribution is -0.136. The van der Waals surface area contributed by atoms with Gasteiger partial charge in [-0.2, -0.15) is 0 Å². The van der Waals surface area contributed by atoms with Crippen LogP contribution in [0.3, 0.4) is 0 Å². The van der Waals surface area contributed by atoms with Crippen molar-refractivity contribution in [2.24, 2.45) is 0 Å². The molecule has 0 bridgehead atoms. The van der Waals surface area contributed by atoms with Gasteiger partial charge in [-0.15, -0.1) is 0 Å². The van der Waals surface area contributed by atoms with Gasteiger partial charge in [0.25, 0.3) is 5.56 Å². The third-order valence-corrected chi connectivity index (χ3v) is 3.39. The summed E-state index contributed by atoms with van der Waals surface area (Å²) in [6.07, 6.45) is 0.0128. The summed E-state index contributed by atoms with van der Waals surface area (Å²) in [5.41, 5.74) is 0.794. The molecule has 2 rings (SSSR count). The molecule has 0 amide bonds. The van der Waals surface area contributed by atoms with Crippen LogP contribution in [0.1, 0.15) is 38.4 Å². The summed E-state index contributed by atoms with van der Waals surface area (Å²) in [5, 5.41) is 11.9. The molecular weight excluding hydrogens is 287 g/mol. The number of rotatable bonds is 4. The lowest BCUT2D eigenvalue weighted by Gasteiger charge is -2.18. The summed E-state index contributed by atoms with van der Waals surface area (Å²) in [6.45, 7) is 5.79. The van der Waals surface area contributed by atoms with Gasteiger partial charge in [-0.1, -0.05) is 26.8 Å². The van der Waals surface area contributed by atoms with Crippen molar-refractivity contribution in [2.45, 2.75) is 39.0 Å². The standard InChI is InChI=1S/C16H19FN2O3/c1-16(2,3)14-12(7-8-13(20)21)15(22)19(18-14)11-6-4-5-10(17)9-11/h4-6,9,18H,7-8H2,1-3H3,(H,20,21). The highest BCUT2D eigenvalue weighted by Crippen LogP contribution is 2.24. The number of benzene rings is 1. The number of aromatic amines is 1. The molecule has 22 heavy (non-hydrogen) atoms. The molecule has 2 aromatic rings. The number of halogens is 1. The Morgan fingerprint density at radius 2 is 2.05 bits per heavy atom. The van der Waals surface area contributed by atoms with Crippen molar-refractivity contribution in [2.75, 3.05) is 0 Å². The van der Waals surface area contributed by atoms with E-state index >= 15 is 0 Å². The minimum absolute atomic E-state index is 0.126. The Morgan fingerprint density at radius 3 is 2.59 bits per heavy atom. The molecule has 5 nitrogen and oxygen atoms in total. The smallest absolute Gasteiger partial charge is 0.303 e. The molecule has 0 aliphatic rings. The summed E-state index contributed by atoms with van der Waals surface area (Å²) < 4.78 is 14.6. The molecule has 1 aromatic carbocycles. The Bertz CT molecular complexity index is 753. The first kappa shape index (κ1) is 16.0. The number of H-pyrrole nitrogens is 1. The fourth-order valence-corrected chi connectivity index (χ4v) is 2.35. The Morgan fingerprint density at radius 1 is 1.36 bits per heavy atom. The van der Waals surface area contributed by atoms with E-state index in [-0.39, 0.29) is 23.8 Å². The zero-order valence-electron chi connectivity index (χ0n) is 12.8. The maximum atomic E-state index is 13.4. The molecule has 0 radical (unpaired) electrons. The second kappa shape index (κ2) is 5.79. The van der Waals surface area contributed by atoms with Crippen LogP contribution in [0.5, 0.6) is 0 Å². The van der Waals surface area contributed by atoms with Gasteiger partial charge in [0.1, 0.15) is 5.82 Å². The van der Waals surface area contributed by atoms with Crippen molar-refractivity contribution in [1.82, 2.24) is 9.78 Å². The molecule has 0 atom stereocenters. The molecule has 2 N–H and O–H groups in total. The Kier molecular flexibility index (Phi) is 4.21. The Balaban J connectivity index is 2.58. The molecule has 0 aliphatic heterocycles. The SMILES string of the molecule is CC(C)(C)c1[nH]n(-c2cccc(F)c2)c(=O)c1CCC(=O)O. The predicted octanol–water partition coefficient (Wildman–Crippen LogP) is 2.62. The van der Waals surface area contributed by atoms with Crippen LogP contribution in [0.15, 0.2) is 29.1 Å². The number of carbonyl (C=O) groups is 1.